The van der Waals surface area contributed by atoms with Crippen LogP contribution in [0, 0.1) is 11.3 Å². The van der Waals surface area contributed by atoms with Crippen LogP contribution in [-0.4, -0.2) is 46.7 Å². The molecule has 0 saturated heterocycles. The molecule has 4 rings (SSSR count). The van der Waals surface area contributed by atoms with E-state index in [9.17, 15) is 5.26 Å². The Balaban J connectivity index is 2.03. The number of allylic oxidation sites excluding steroid dienone is 1. The van der Waals surface area contributed by atoms with Gasteiger partial charge in [-0.1, -0.05) is 36.4 Å². The first-order chi connectivity index (χ1) is 16.0. The molecule has 0 aliphatic carbocycles. The molecule has 0 N–H and O–H groups in total. The molecule has 1 aliphatic heterocycles. The maximum absolute atomic E-state index is 10.2. The van der Waals surface area contributed by atoms with E-state index in [0.29, 0.717) is 28.6 Å². The second-order valence-corrected chi connectivity index (χ2v) is 7.74. The van der Waals surface area contributed by atoms with Gasteiger partial charge in [0.1, 0.15) is 17.4 Å². The molecule has 3 aromatic rings. The minimum Gasteiger partial charge on any atom is -0.493 e. The first-order valence-corrected chi connectivity index (χ1v) is 10.4. The highest BCUT2D eigenvalue weighted by atomic mass is 16.5. The van der Waals surface area contributed by atoms with Gasteiger partial charge >= 0.3 is 0 Å². The van der Waals surface area contributed by atoms with Crippen LogP contribution in [-0.2, 0) is 0 Å². The number of hydrogen-bond acceptors (Lipinski definition) is 6. The predicted octanol–water partition coefficient (Wildman–Crippen LogP) is 4.71. The van der Waals surface area contributed by atoms with Gasteiger partial charge in [-0.15, -0.1) is 0 Å². The molecule has 1 unspecified atom stereocenters. The summed E-state index contributed by atoms with van der Waals surface area (Å²) < 4.78 is 22.9. The molecular formula is C26H25N3O4. The summed E-state index contributed by atoms with van der Waals surface area (Å²) in [6.07, 6.45) is 1.62. The zero-order valence-electron chi connectivity index (χ0n) is 19.2. The van der Waals surface area contributed by atoms with Crippen LogP contribution in [0.3, 0.4) is 0 Å². The van der Waals surface area contributed by atoms with Crippen molar-refractivity contribution in [2.75, 3.05) is 35.4 Å². The van der Waals surface area contributed by atoms with Gasteiger partial charge in [-0.25, -0.2) is 4.99 Å². The van der Waals surface area contributed by atoms with E-state index in [1.807, 2.05) is 62.6 Å². The summed E-state index contributed by atoms with van der Waals surface area (Å²) in [5, 5.41) is 12.2. The summed E-state index contributed by atoms with van der Waals surface area (Å²) in [6.45, 7) is 0. The van der Waals surface area contributed by atoms with Crippen molar-refractivity contribution in [2.24, 2.45) is 4.99 Å². The van der Waals surface area contributed by atoms with Crippen molar-refractivity contribution in [1.29, 1.82) is 5.26 Å². The SMILES string of the molecule is COc1cc(C2C(C#N)=C(/N=C/N(C)C)Oc3c2ccc2ccccc32)cc(OC)c1OC. The Kier molecular flexibility index (Phi) is 6.09. The van der Waals surface area contributed by atoms with Crippen LogP contribution in [0.1, 0.15) is 17.0 Å². The number of ether oxygens (including phenoxy) is 4. The smallest absolute Gasteiger partial charge is 0.235 e. The predicted molar refractivity (Wildman–Crippen MR) is 127 cm³/mol. The number of hydrogen-bond donors (Lipinski definition) is 0. The molecule has 0 fully saturated rings. The van der Waals surface area contributed by atoms with Gasteiger partial charge < -0.3 is 23.8 Å². The Bertz CT molecular complexity index is 1280. The quantitative estimate of drug-likeness (QED) is 0.406. The molecule has 0 bridgehead atoms. The second-order valence-electron chi connectivity index (χ2n) is 7.74. The van der Waals surface area contributed by atoms with Gasteiger partial charge in [0.05, 0.1) is 33.6 Å². The molecule has 1 aliphatic rings. The van der Waals surface area contributed by atoms with Crippen LogP contribution in [0.2, 0.25) is 0 Å². The molecule has 1 atom stereocenters. The molecule has 168 valence electrons. The molecular weight excluding hydrogens is 418 g/mol. The van der Waals surface area contributed by atoms with E-state index in [4.69, 9.17) is 18.9 Å². The normalized spacial score (nSPS) is 15.1. The molecule has 0 spiro atoms. The minimum atomic E-state index is -0.439. The number of methoxy groups -OCH3 is 3. The molecule has 3 aromatic carbocycles. The van der Waals surface area contributed by atoms with E-state index in [1.54, 1.807) is 32.6 Å². The molecule has 7 nitrogen and oxygen atoms in total. The fourth-order valence-electron chi connectivity index (χ4n) is 4.02. The highest BCUT2D eigenvalue weighted by Crippen LogP contribution is 2.49. The molecule has 0 saturated carbocycles. The standard InChI is InChI=1S/C26H25N3O4/c1-29(2)15-28-26-20(14-27)23(17-12-21(30-3)25(32-5)22(13-17)31-4)19-11-10-16-8-6-7-9-18(16)24(19)33-26/h6-13,15,23H,1-5H3/b28-15+. The van der Waals surface area contributed by atoms with Crippen LogP contribution < -0.4 is 18.9 Å². The van der Waals surface area contributed by atoms with E-state index < -0.39 is 5.92 Å². The van der Waals surface area contributed by atoms with Crippen molar-refractivity contribution in [3.05, 3.63) is 71.1 Å². The third kappa shape index (κ3) is 3.92. The van der Waals surface area contributed by atoms with Gasteiger partial charge in [-0.05, 0) is 23.1 Å². The molecule has 0 aromatic heterocycles. The zero-order chi connectivity index (χ0) is 23.5. The average molecular weight is 444 g/mol. The van der Waals surface area contributed by atoms with E-state index in [1.165, 1.54) is 0 Å². The van der Waals surface area contributed by atoms with Crippen molar-refractivity contribution in [3.8, 4) is 29.1 Å². The summed E-state index contributed by atoms with van der Waals surface area (Å²) in [7, 11) is 8.42. The van der Waals surface area contributed by atoms with Crippen molar-refractivity contribution >= 4 is 17.1 Å². The van der Waals surface area contributed by atoms with Gasteiger partial charge in [0.2, 0.25) is 11.6 Å². The fourth-order valence-corrected chi connectivity index (χ4v) is 4.02. The van der Waals surface area contributed by atoms with Gasteiger partial charge in [0.15, 0.2) is 11.5 Å². The fraction of sp³-hybridized carbons (Fsp3) is 0.231. The monoisotopic (exact) mass is 443 g/mol. The number of nitrogens with zero attached hydrogens (tertiary/aromatic N) is 3. The lowest BCUT2D eigenvalue weighted by molar-refractivity contribution is 0.323. The number of fused-ring (bicyclic) bond motifs is 3. The second kappa shape index (κ2) is 9.13. The Morgan fingerprint density at radius 3 is 2.30 bits per heavy atom. The Morgan fingerprint density at radius 2 is 1.70 bits per heavy atom. The topological polar surface area (TPSA) is 76.3 Å². The largest absolute Gasteiger partial charge is 0.493 e. The van der Waals surface area contributed by atoms with Crippen LogP contribution in [0.5, 0.6) is 23.0 Å². The maximum atomic E-state index is 10.2. The molecule has 0 radical (unpaired) electrons. The number of nitriles is 1. The number of aliphatic imine (C=N–C) groups is 1. The number of benzene rings is 3. The van der Waals surface area contributed by atoms with E-state index >= 15 is 0 Å². The van der Waals surface area contributed by atoms with E-state index in [2.05, 4.69) is 11.1 Å². The maximum Gasteiger partial charge on any atom is 0.235 e. The van der Waals surface area contributed by atoms with E-state index in [0.717, 1.165) is 21.9 Å². The first kappa shape index (κ1) is 22.0. The number of rotatable bonds is 6. The van der Waals surface area contributed by atoms with Crippen molar-refractivity contribution in [2.45, 2.75) is 5.92 Å². The van der Waals surface area contributed by atoms with Crippen molar-refractivity contribution < 1.29 is 18.9 Å². The van der Waals surface area contributed by atoms with Crippen LogP contribution in [0.25, 0.3) is 10.8 Å². The van der Waals surface area contributed by atoms with E-state index in [-0.39, 0.29) is 5.88 Å². The van der Waals surface area contributed by atoms with Crippen LogP contribution in [0.15, 0.2) is 65.0 Å². The third-order valence-corrected chi connectivity index (χ3v) is 5.49. The lowest BCUT2D eigenvalue weighted by Crippen LogP contribution is -2.17. The zero-order valence-corrected chi connectivity index (χ0v) is 19.2. The lowest BCUT2D eigenvalue weighted by atomic mass is 9.82. The summed E-state index contributed by atoms with van der Waals surface area (Å²) in [6, 6.07) is 18.1. The first-order valence-electron chi connectivity index (χ1n) is 10.4. The Labute approximate surface area is 193 Å². The average Bonchev–Trinajstić information content (AvgIpc) is 2.85. The molecule has 33 heavy (non-hydrogen) atoms. The Hall–Kier alpha value is -4.18. The third-order valence-electron chi connectivity index (χ3n) is 5.49. The van der Waals surface area contributed by atoms with Gasteiger partial charge in [0.25, 0.3) is 0 Å². The molecule has 7 heteroatoms. The Morgan fingerprint density at radius 1 is 1.00 bits per heavy atom. The summed E-state index contributed by atoms with van der Waals surface area (Å²) in [4.78, 5) is 6.27. The highest BCUT2D eigenvalue weighted by Gasteiger charge is 2.34. The van der Waals surface area contributed by atoms with Gasteiger partial charge in [-0.3, -0.25) is 0 Å². The van der Waals surface area contributed by atoms with Gasteiger partial charge in [0, 0.05) is 25.0 Å². The molecule has 1 heterocycles. The van der Waals surface area contributed by atoms with Crippen molar-refractivity contribution in [1.82, 2.24) is 4.90 Å². The summed E-state index contributed by atoms with van der Waals surface area (Å²) in [5.41, 5.74) is 2.06. The summed E-state index contributed by atoms with van der Waals surface area (Å²) in [5.74, 6) is 2.01. The van der Waals surface area contributed by atoms with Crippen molar-refractivity contribution in [3.63, 3.8) is 0 Å². The molecule has 0 amide bonds. The van der Waals surface area contributed by atoms with Gasteiger partial charge in [-0.2, -0.15) is 5.26 Å². The highest BCUT2D eigenvalue weighted by molar-refractivity contribution is 5.91. The van der Waals surface area contributed by atoms with Crippen LogP contribution in [0.4, 0.5) is 0 Å². The minimum absolute atomic E-state index is 0.258. The van der Waals surface area contributed by atoms with Crippen LogP contribution >= 0.6 is 0 Å². The summed E-state index contributed by atoms with van der Waals surface area (Å²) >= 11 is 0. The lowest BCUT2D eigenvalue weighted by Gasteiger charge is -2.28.